The standard InChI is InChI=1S/C20H19ClN2O3/c1-23(2)20(25)15-5-6-16(21)17(12-15)22-19(24)8-4-13-3-7-18-14(11-13)9-10-26-18/h3-8,11-12H,9-10H2,1-2H3,(H,22,24)/b8-4+. The summed E-state index contributed by atoms with van der Waals surface area (Å²) in [4.78, 5) is 25.7. The van der Waals surface area contributed by atoms with Gasteiger partial charge in [0.25, 0.3) is 5.91 Å². The number of amides is 2. The second kappa shape index (κ2) is 7.62. The number of carbonyl (C=O) groups is 2. The van der Waals surface area contributed by atoms with Gasteiger partial charge in [-0.1, -0.05) is 17.7 Å². The molecule has 26 heavy (non-hydrogen) atoms. The number of halogens is 1. The van der Waals surface area contributed by atoms with Gasteiger partial charge in [-0.25, -0.2) is 0 Å². The molecule has 0 bridgehead atoms. The zero-order chi connectivity index (χ0) is 18.7. The average Bonchev–Trinajstić information content (AvgIpc) is 3.09. The van der Waals surface area contributed by atoms with Crippen molar-refractivity contribution in [2.75, 3.05) is 26.0 Å². The third-order valence-electron chi connectivity index (χ3n) is 4.02. The van der Waals surface area contributed by atoms with E-state index < -0.39 is 0 Å². The number of rotatable bonds is 4. The molecular formula is C20H19ClN2O3. The van der Waals surface area contributed by atoms with Crippen LogP contribution >= 0.6 is 11.6 Å². The van der Waals surface area contributed by atoms with Crippen LogP contribution in [-0.4, -0.2) is 37.4 Å². The van der Waals surface area contributed by atoms with E-state index in [1.165, 1.54) is 11.0 Å². The van der Waals surface area contributed by atoms with Crippen molar-refractivity contribution in [3.05, 3.63) is 64.2 Å². The first-order valence-electron chi connectivity index (χ1n) is 8.20. The van der Waals surface area contributed by atoms with Crippen molar-refractivity contribution in [1.82, 2.24) is 4.90 Å². The van der Waals surface area contributed by atoms with Crippen LogP contribution in [0.4, 0.5) is 5.69 Å². The fraction of sp³-hybridized carbons (Fsp3) is 0.200. The Morgan fingerprint density at radius 1 is 1.19 bits per heavy atom. The third kappa shape index (κ3) is 4.06. The van der Waals surface area contributed by atoms with Crippen molar-refractivity contribution in [1.29, 1.82) is 0 Å². The maximum Gasteiger partial charge on any atom is 0.253 e. The number of carbonyl (C=O) groups excluding carboxylic acids is 2. The van der Waals surface area contributed by atoms with E-state index in [0.29, 0.717) is 22.9 Å². The summed E-state index contributed by atoms with van der Waals surface area (Å²) in [7, 11) is 3.33. The molecule has 1 aliphatic heterocycles. The molecule has 0 atom stereocenters. The predicted octanol–water partition coefficient (Wildman–Crippen LogP) is 3.63. The van der Waals surface area contributed by atoms with Crippen LogP contribution in [0.3, 0.4) is 0 Å². The highest BCUT2D eigenvalue weighted by atomic mass is 35.5. The topological polar surface area (TPSA) is 58.6 Å². The molecule has 2 aromatic rings. The molecule has 134 valence electrons. The predicted molar refractivity (Wildman–Crippen MR) is 103 cm³/mol. The summed E-state index contributed by atoms with van der Waals surface area (Å²) in [6.07, 6.45) is 4.05. The molecule has 6 heteroatoms. The van der Waals surface area contributed by atoms with E-state index in [4.69, 9.17) is 16.3 Å². The molecule has 1 aliphatic rings. The fourth-order valence-electron chi connectivity index (χ4n) is 2.67. The summed E-state index contributed by atoms with van der Waals surface area (Å²) in [5, 5.41) is 3.09. The highest BCUT2D eigenvalue weighted by Crippen LogP contribution is 2.26. The van der Waals surface area contributed by atoms with Crippen molar-refractivity contribution in [3.8, 4) is 5.75 Å². The van der Waals surface area contributed by atoms with Gasteiger partial charge in [0.15, 0.2) is 0 Å². The number of hydrogen-bond donors (Lipinski definition) is 1. The Hall–Kier alpha value is -2.79. The van der Waals surface area contributed by atoms with Crippen molar-refractivity contribution in [2.24, 2.45) is 0 Å². The maximum atomic E-state index is 12.2. The molecule has 0 aliphatic carbocycles. The lowest BCUT2D eigenvalue weighted by Gasteiger charge is -2.12. The van der Waals surface area contributed by atoms with Gasteiger partial charge in [-0.15, -0.1) is 0 Å². The van der Waals surface area contributed by atoms with Crippen molar-refractivity contribution < 1.29 is 14.3 Å². The molecule has 0 aromatic heterocycles. The average molecular weight is 371 g/mol. The summed E-state index contributed by atoms with van der Waals surface area (Å²) in [6, 6.07) is 10.6. The van der Waals surface area contributed by atoms with Crippen molar-refractivity contribution >= 4 is 35.2 Å². The summed E-state index contributed by atoms with van der Waals surface area (Å²) < 4.78 is 5.47. The lowest BCUT2D eigenvalue weighted by atomic mass is 10.1. The fourth-order valence-corrected chi connectivity index (χ4v) is 2.83. The lowest BCUT2D eigenvalue weighted by Crippen LogP contribution is -2.21. The van der Waals surface area contributed by atoms with Gasteiger partial charge in [-0.3, -0.25) is 9.59 Å². The zero-order valence-electron chi connectivity index (χ0n) is 14.6. The number of anilines is 1. The Balaban J connectivity index is 1.71. The van der Waals surface area contributed by atoms with Crippen molar-refractivity contribution in [2.45, 2.75) is 6.42 Å². The molecule has 0 unspecified atom stereocenters. The molecule has 0 fully saturated rings. The molecule has 1 heterocycles. The van der Waals surface area contributed by atoms with Gasteiger partial charge in [0, 0.05) is 32.2 Å². The van der Waals surface area contributed by atoms with E-state index in [2.05, 4.69) is 5.32 Å². The Bertz CT molecular complexity index is 891. The van der Waals surface area contributed by atoms with Gasteiger partial charge in [-0.05, 0) is 47.5 Å². The smallest absolute Gasteiger partial charge is 0.253 e. The minimum absolute atomic E-state index is 0.159. The Kier molecular flexibility index (Phi) is 5.28. The molecule has 2 amide bonds. The molecule has 1 N–H and O–H groups in total. The molecule has 2 aromatic carbocycles. The zero-order valence-corrected chi connectivity index (χ0v) is 15.3. The van der Waals surface area contributed by atoms with E-state index in [9.17, 15) is 9.59 Å². The van der Waals surface area contributed by atoms with Crippen LogP contribution in [0.5, 0.6) is 5.75 Å². The number of benzene rings is 2. The van der Waals surface area contributed by atoms with E-state index in [0.717, 1.165) is 23.3 Å². The van der Waals surface area contributed by atoms with Crippen LogP contribution in [0.1, 0.15) is 21.5 Å². The van der Waals surface area contributed by atoms with Crippen LogP contribution in [0.25, 0.3) is 6.08 Å². The van der Waals surface area contributed by atoms with E-state index in [-0.39, 0.29) is 11.8 Å². The number of nitrogens with zero attached hydrogens (tertiary/aromatic N) is 1. The number of fused-ring (bicyclic) bond motifs is 1. The van der Waals surface area contributed by atoms with E-state index >= 15 is 0 Å². The quantitative estimate of drug-likeness (QED) is 0.836. The molecule has 0 radical (unpaired) electrons. The third-order valence-corrected chi connectivity index (χ3v) is 4.35. The highest BCUT2D eigenvalue weighted by Gasteiger charge is 2.13. The van der Waals surface area contributed by atoms with Crippen LogP contribution < -0.4 is 10.1 Å². The molecule has 0 saturated heterocycles. The van der Waals surface area contributed by atoms with Crippen LogP contribution in [-0.2, 0) is 11.2 Å². The van der Waals surface area contributed by atoms with Gasteiger partial charge in [0.2, 0.25) is 5.91 Å². The second-order valence-corrected chi connectivity index (χ2v) is 6.59. The summed E-state index contributed by atoms with van der Waals surface area (Å²) in [5.41, 5.74) is 2.92. The Morgan fingerprint density at radius 3 is 2.77 bits per heavy atom. The SMILES string of the molecule is CN(C)C(=O)c1ccc(Cl)c(NC(=O)/C=C/c2ccc3c(c2)CCO3)c1. The molecule has 0 spiro atoms. The van der Waals surface area contributed by atoms with Crippen LogP contribution in [0.2, 0.25) is 5.02 Å². The maximum absolute atomic E-state index is 12.2. The first kappa shape index (κ1) is 18.0. The molecule has 3 rings (SSSR count). The molecule has 5 nitrogen and oxygen atoms in total. The van der Waals surface area contributed by atoms with E-state index in [1.807, 2.05) is 18.2 Å². The Morgan fingerprint density at radius 2 is 2.00 bits per heavy atom. The van der Waals surface area contributed by atoms with Crippen LogP contribution in [0.15, 0.2) is 42.5 Å². The van der Waals surface area contributed by atoms with Gasteiger partial charge in [-0.2, -0.15) is 0 Å². The monoisotopic (exact) mass is 370 g/mol. The number of hydrogen-bond acceptors (Lipinski definition) is 3. The van der Waals surface area contributed by atoms with Gasteiger partial charge < -0.3 is 15.0 Å². The number of nitrogens with one attached hydrogen (secondary N) is 1. The second-order valence-electron chi connectivity index (χ2n) is 6.18. The van der Waals surface area contributed by atoms with Gasteiger partial charge in [0.1, 0.15) is 5.75 Å². The Labute approximate surface area is 157 Å². The van der Waals surface area contributed by atoms with Gasteiger partial charge in [0.05, 0.1) is 17.3 Å². The normalized spacial score (nSPS) is 12.6. The summed E-state index contributed by atoms with van der Waals surface area (Å²) in [5.74, 6) is 0.423. The largest absolute Gasteiger partial charge is 0.493 e. The van der Waals surface area contributed by atoms with E-state index in [1.54, 1.807) is 38.4 Å². The first-order chi connectivity index (χ1) is 12.4. The van der Waals surface area contributed by atoms with Gasteiger partial charge >= 0.3 is 0 Å². The number of ether oxygens (including phenoxy) is 1. The highest BCUT2D eigenvalue weighted by molar-refractivity contribution is 6.34. The minimum Gasteiger partial charge on any atom is -0.493 e. The summed E-state index contributed by atoms with van der Waals surface area (Å²) >= 11 is 6.13. The van der Waals surface area contributed by atoms with Crippen molar-refractivity contribution in [3.63, 3.8) is 0 Å². The molecule has 0 saturated carbocycles. The molecular weight excluding hydrogens is 352 g/mol. The van der Waals surface area contributed by atoms with Crippen LogP contribution in [0, 0.1) is 0 Å². The minimum atomic E-state index is -0.321. The summed E-state index contributed by atoms with van der Waals surface area (Å²) in [6.45, 7) is 0.698. The lowest BCUT2D eigenvalue weighted by molar-refractivity contribution is -0.111. The first-order valence-corrected chi connectivity index (χ1v) is 8.58.